The molecule has 0 saturated heterocycles. The minimum atomic E-state index is 0.485. The standard InChI is InChI=1S/C20H21ClN2O/c21-14-9-10-18-17(13-14)16-7-4-8-19(20(16)23-18)22-11-12-24-15-5-2-1-3-6-15/h1-3,5-6,9-10,13,19,22-23H,4,7-8,11-12H2/p+1/t19-/m0/s1. The zero-order valence-electron chi connectivity index (χ0n) is 13.6. The Balaban J connectivity index is 1.43. The Bertz CT molecular complexity index is 828. The van der Waals surface area contributed by atoms with Crippen molar-refractivity contribution in [2.45, 2.75) is 25.3 Å². The van der Waals surface area contributed by atoms with Crippen LogP contribution >= 0.6 is 11.6 Å². The van der Waals surface area contributed by atoms with Crippen LogP contribution in [0.3, 0.4) is 0 Å². The summed E-state index contributed by atoms with van der Waals surface area (Å²) in [5, 5.41) is 4.50. The summed E-state index contributed by atoms with van der Waals surface area (Å²) in [5.74, 6) is 0.940. The molecule has 0 spiro atoms. The number of aryl methyl sites for hydroxylation is 1. The summed E-state index contributed by atoms with van der Waals surface area (Å²) >= 11 is 6.18. The monoisotopic (exact) mass is 341 g/mol. The number of ether oxygens (including phenoxy) is 1. The van der Waals surface area contributed by atoms with E-state index in [9.17, 15) is 0 Å². The fourth-order valence-corrected chi connectivity index (χ4v) is 3.84. The number of nitrogens with one attached hydrogen (secondary N) is 1. The molecule has 4 rings (SSSR count). The predicted octanol–water partition coefficient (Wildman–Crippen LogP) is 3.84. The van der Waals surface area contributed by atoms with Gasteiger partial charge >= 0.3 is 0 Å². The second kappa shape index (κ2) is 6.88. The Morgan fingerprint density at radius 3 is 2.92 bits per heavy atom. The summed E-state index contributed by atoms with van der Waals surface area (Å²) in [6.07, 6.45) is 3.58. The second-order valence-corrected chi connectivity index (χ2v) is 6.83. The largest absolute Gasteiger partial charge is 0.488 e. The van der Waals surface area contributed by atoms with Crippen LogP contribution in [-0.4, -0.2) is 18.1 Å². The highest BCUT2D eigenvalue weighted by atomic mass is 35.5. The van der Waals surface area contributed by atoms with Gasteiger partial charge in [0.1, 0.15) is 24.9 Å². The van der Waals surface area contributed by atoms with Crippen molar-refractivity contribution in [3.8, 4) is 5.75 Å². The van der Waals surface area contributed by atoms with Crippen molar-refractivity contribution in [2.75, 3.05) is 13.2 Å². The number of aromatic amines is 1. The summed E-state index contributed by atoms with van der Waals surface area (Å²) in [7, 11) is 0. The molecular weight excluding hydrogens is 320 g/mol. The molecule has 1 heterocycles. The van der Waals surface area contributed by atoms with Gasteiger partial charge < -0.3 is 15.0 Å². The number of quaternary nitrogens is 1. The molecule has 3 aromatic rings. The molecule has 0 amide bonds. The van der Waals surface area contributed by atoms with E-state index in [1.807, 2.05) is 36.4 Å². The van der Waals surface area contributed by atoms with E-state index in [4.69, 9.17) is 16.3 Å². The topological polar surface area (TPSA) is 41.6 Å². The van der Waals surface area contributed by atoms with Crippen LogP contribution in [0.15, 0.2) is 48.5 Å². The van der Waals surface area contributed by atoms with E-state index >= 15 is 0 Å². The van der Waals surface area contributed by atoms with Crippen molar-refractivity contribution >= 4 is 22.5 Å². The highest BCUT2D eigenvalue weighted by Gasteiger charge is 2.26. The highest BCUT2D eigenvalue weighted by molar-refractivity contribution is 6.31. The molecule has 1 atom stereocenters. The van der Waals surface area contributed by atoms with Gasteiger partial charge in [-0.1, -0.05) is 29.8 Å². The van der Waals surface area contributed by atoms with Crippen LogP contribution in [0.4, 0.5) is 0 Å². The van der Waals surface area contributed by atoms with Gasteiger partial charge in [0.15, 0.2) is 0 Å². The first-order valence-corrected chi connectivity index (χ1v) is 9.00. The minimum Gasteiger partial charge on any atom is -0.488 e. The molecule has 3 nitrogen and oxygen atoms in total. The van der Waals surface area contributed by atoms with E-state index in [0.29, 0.717) is 6.04 Å². The molecule has 0 aliphatic heterocycles. The lowest BCUT2D eigenvalue weighted by molar-refractivity contribution is -0.698. The first kappa shape index (κ1) is 15.6. The van der Waals surface area contributed by atoms with E-state index in [-0.39, 0.29) is 0 Å². The lowest BCUT2D eigenvalue weighted by atomic mass is 9.92. The van der Waals surface area contributed by atoms with E-state index in [1.165, 1.54) is 35.0 Å². The van der Waals surface area contributed by atoms with Crippen LogP contribution in [0.25, 0.3) is 10.9 Å². The number of benzene rings is 2. The number of nitrogens with two attached hydrogens (primary N) is 1. The van der Waals surface area contributed by atoms with Crippen LogP contribution in [0, 0.1) is 0 Å². The SMILES string of the molecule is Clc1ccc2[nH]c3c(c2c1)CCC[C@@H]3[NH2+]CCOc1ccccc1. The number of aromatic nitrogens is 1. The maximum Gasteiger partial charge on any atom is 0.137 e. The van der Waals surface area contributed by atoms with E-state index in [1.54, 1.807) is 0 Å². The summed E-state index contributed by atoms with van der Waals surface area (Å²) in [6.45, 7) is 1.68. The van der Waals surface area contributed by atoms with Gasteiger partial charge in [-0.05, 0) is 48.7 Å². The number of H-pyrrole nitrogens is 1. The molecule has 0 radical (unpaired) electrons. The molecule has 3 N–H and O–H groups in total. The summed E-state index contributed by atoms with van der Waals surface area (Å²) in [5.41, 5.74) is 4.02. The molecule has 0 unspecified atom stereocenters. The van der Waals surface area contributed by atoms with E-state index in [0.717, 1.165) is 30.3 Å². The van der Waals surface area contributed by atoms with Crippen LogP contribution < -0.4 is 10.1 Å². The Kier molecular flexibility index (Phi) is 4.46. The fraction of sp³-hybridized carbons (Fsp3) is 0.300. The van der Waals surface area contributed by atoms with Gasteiger partial charge in [0.05, 0.1) is 5.69 Å². The lowest BCUT2D eigenvalue weighted by Crippen LogP contribution is -2.86. The molecule has 124 valence electrons. The number of halogens is 1. The Labute approximate surface area is 147 Å². The van der Waals surface area contributed by atoms with Crippen molar-refractivity contribution in [3.05, 3.63) is 64.8 Å². The highest BCUT2D eigenvalue weighted by Crippen LogP contribution is 2.34. The minimum absolute atomic E-state index is 0.485. The molecule has 1 aliphatic carbocycles. The maximum atomic E-state index is 6.18. The van der Waals surface area contributed by atoms with Crippen molar-refractivity contribution in [1.82, 2.24) is 4.98 Å². The number of fused-ring (bicyclic) bond motifs is 3. The first-order valence-electron chi connectivity index (χ1n) is 8.62. The average Bonchev–Trinajstić information content (AvgIpc) is 2.98. The van der Waals surface area contributed by atoms with Crippen molar-refractivity contribution < 1.29 is 10.1 Å². The zero-order valence-corrected chi connectivity index (χ0v) is 14.4. The van der Waals surface area contributed by atoms with Crippen molar-refractivity contribution in [2.24, 2.45) is 0 Å². The van der Waals surface area contributed by atoms with Gasteiger partial charge in [0.25, 0.3) is 0 Å². The Morgan fingerprint density at radius 2 is 2.04 bits per heavy atom. The maximum absolute atomic E-state index is 6.18. The van der Waals surface area contributed by atoms with Gasteiger partial charge in [-0.15, -0.1) is 0 Å². The first-order chi connectivity index (χ1) is 11.8. The summed E-state index contributed by atoms with van der Waals surface area (Å²) < 4.78 is 5.80. The molecule has 4 heteroatoms. The molecule has 2 aromatic carbocycles. The molecule has 0 bridgehead atoms. The Hall–Kier alpha value is -1.97. The van der Waals surface area contributed by atoms with E-state index < -0.39 is 0 Å². The second-order valence-electron chi connectivity index (χ2n) is 6.39. The third-order valence-corrected chi connectivity index (χ3v) is 5.03. The van der Waals surface area contributed by atoms with Crippen LogP contribution in [-0.2, 0) is 6.42 Å². The van der Waals surface area contributed by atoms with Crippen LogP contribution in [0.1, 0.15) is 30.1 Å². The fourth-order valence-electron chi connectivity index (χ4n) is 3.67. The molecule has 0 fully saturated rings. The van der Waals surface area contributed by atoms with Gasteiger partial charge in [0.2, 0.25) is 0 Å². The molecule has 24 heavy (non-hydrogen) atoms. The van der Waals surface area contributed by atoms with Crippen LogP contribution in [0.2, 0.25) is 5.02 Å². The third-order valence-electron chi connectivity index (χ3n) is 4.79. The van der Waals surface area contributed by atoms with Crippen molar-refractivity contribution in [1.29, 1.82) is 0 Å². The van der Waals surface area contributed by atoms with Crippen LogP contribution in [0.5, 0.6) is 5.75 Å². The smallest absolute Gasteiger partial charge is 0.137 e. The number of hydrogen-bond acceptors (Lipinski definition) is 1. The summed E-state index contributed by atoms with van der Waals surface area (Å²) in [4.78, 5) is 3.62. The Morgan fingerprint density at radius 1 is 1.17 bits per heavy atom. The lowest BCUT2D eigenvalue weighted by Gasteiger charge is -2.21. The molecule has 1 aliphatic rings. The predicted molar refractivity (Wildman–Crippen MR) is 97.7 cm³/mol. The number of hydrogen-bond donors (Lipinski definition) is 2. The van der Waals surface area contributed by atoms with Gasteiger partial charge in [-0.2, -0.15) is 0 Å². The molecule has 0 saturated carbocycles. The van der Waals surface area contributed by atoms with Gasteiger partial charge in [0, 0.05) is 22.3 Å². The van der Waals surface area contributed by atoms with Gasteiger partial charge in [-0.25, -0.2) is 0 Å². The van der Waals surface area contributed by atoms with Gasteiger partial charge in [-0.3, -0.25) is 0 Å². The number of rotatable bonds is 5. The molecular formula is C20H22ClN2O+. The number of para-hydroxylation sites is 1. The average molecular weight is 342 g/mol. The zero-order chi connectivity index (χ0) is 16.4. The molecule has 1 aromatic heterocycles. The summed E-state index contributed by atoms with van der Waals surface area (Å²) in [6, 6.07) is 16.6. The normalized spacial score (nSPS) is 17.0. The quantitative estimate of drug-likeness (QED) is 0.680. The van der Waals surface area contributed by atoms with E-state index in [2.05, 4.69) is 22.4 Å². The third kappa shape index (κ3) is 3.14. The van der Waals surface area contributed by atoms with Crippen molar-refractivity contribution in [3.63, 3.8) is 0 Å².